The zero-order valence-electron chi connectivity index (χ0n) is 11.4. The lowest BCUT2D eigenvalue weighted by molar-refractivity contribution is 0.0944. The first-order valence-corrected chi connectivity index (χ1v) is 6.57. The summed E-state index contributed by atoms with van der Waals surface area (Å²) in [5.41, 5.74) is 1.47. The van der Waals surface area contributed by atoms with Gasteiger partial charge in [0.1, 0.15) is 5.76 Å². The Kier molecular flexibility index (Phi) is 5.25. The molecule has 2 N–H and O–H groups in total. The van der Waals surface area contributed by atoms with Gasteiger partial charge < -0.3 is 15.2 Å². The summed E-state index contributed by atoms with van der Waals surface area (Å²) in [6, 6.07) is 5.56. The van der Waals surface area contributed by atoms with E-state index in [1.165, 1.54) is 0 Å². The van der Waals surface area contributed by atoms with Crippen LogP contribution >= 0.6 is 0 Å². The molecular weight excluding hydrogens is 256 g/mol. The Hall–Kier alpha value is -2.21. The van der Waals surface area contributed by atoms with Gasteiger partial charge in [0.15, 0.2) is 5.69 Å². The standard InChI is InChI=1S/C14H18N4O2/c1-11-8-13(18-20-11)14(19)17-7-3-6-16-10-12-4-2-5-15-9-12/h2,4-5,8-9,16H,3,6-7,10H2,1H3,(H,17,19). The van der Waals surface area contributed by atoms with E-state index in [2.05, 4.69) is 20.8 Å². The van der Waals surface area contributed by atoms with E-state index in [1.807, 2.05) is 18.3 Å². The van der Waals surface area contributed by atoms with Crippen molar-refractivity contribution in [2.45, 2.75) is 19.9 Å². The maximum absolute atomic E-state index is 11.6. The minimum atomic E-state index is -0.200. The van der Waals surface area contributed by atoms with Gasteiger partial charge in [-0.15, -0.1) is 0 Å². The van der Waals surface area contributed by atoms with Crippen LogP contribution in [0.25, 0.3) is 0 Å². The third-order valence-electron chi connectivity index (χ3n) is 2.73. The van der Waals surface area contributed by atoms with E-state index in [4.69, 9.17) is 4.52 Å². The highest BCUT2D eigenvalue weighted by molar-refractivity contribution is 5.92. The van der Waals surface area contributed by atoms with Gasteiger partial charge in [-0.3, -0.25) is 9.78 Å². The molecule has 0 saturated heterocycles. The summed E-state index contributed by atoms with van der Waals surface area (Å²) in [4.78, 5) is 15.7. The second-order valence-corrected chi connectivity index (χ2v) is 4.47. The number of aryl methyl sites for hydroxylation is 1. The molecule has 0 saturated carbocycles. The molecule has 0 atom stereocenters. The number of carbonyl (C=O) groups excluding carboxylic acids is 1. The molecule has 106 valence electrons. The predicted molar refractivity (Wildman–Crippen MR) is 74.1 cm³/mol. The van der Waals surface area contributed by atoms with E-state index in [0.717, 1.165) is 25.1 Å². The first-order valence-electron chi connectivity index (χ1n) is 6.57. The van der Waals surface area contributed by atoms with Gasteiger partial charge in [0.05, 0.1) is 0 Å². The second-order valence-electron chi connectivity index (χ2n) is 4.47. The molecule has 2 rings (SSSR count). The molecule has 0 aliphatic carbocycles. The fourth-order valence-corrected chi connectivity index (χ4v) is 1.71. The molecule has 1 amide bonds. The molecule has 0 aliphatic rings. The van der Waals surface area contributed by atoms with Crippen molar-refractivity contribution in [2.75, 3.05) is 13.1 Å². The van der Waals surface area contributed by atoms with Crippen molar-refractivity contribution >= 4 is 5.91 Å². The molecule has 0 bridgehead atoms. The quantitative estimate of drug-likeness (QED) is 0.744. The minimum Gasteiger partial charge on any atom is -0.361 e. The van der Waals surface area contributed by atoms with Crippen LogP contribution in [0.1, 0.15) is 28.2 Å². The van der Waals surface area contributed by atoms with E-state index in [-0.39, 0.29) is 5.91 Å². The van der Waals surface area contributed by atoms with Gasteiger partial charge in [-0.2, -0.15) is 0 Å². The zero-order chi connectivity index (χ0) is 14.2. The van der Waals surface area contributed by atoms with Gasteiger partial charge in [0, 0.05) is 31.5 Å². The summed E-state index contributed by atoms with van der Waals surface area (Å²) in [7, 11) is 0. The Labute approximate surface area is 117 Å². The first-order chi connectivity index (χ1) is 9.75. The van der Waals surface area contributed by atoms with E-state index >= 15 is 0 Å². The number of rotatable bonds is 7. The van der Waals surface area contributed by atoms with Gasteiger partial charge in [-0.1, -0.05) is 11.2 Å². The van der Waals surface area contributed by atoms with Crippen LogP contribution in [0.4, 0.5) is 0 Å². The van der Waals surface area contributed by atoms with Crippen molar-refractivity contribution in [3.63, 3.8) is 0 Å². The maximum Gasteiger partial charge on any atom is 0.273 e. The van der Waals surface area contributed by atoms with Gasteiger partial charge in [0.25, 0.3) is 5.91 Å². The van der Waals surface area contributed by atoms with Crippen molar-refractivity contribution in [1.82, 2.24) is 20.8 Å². The van der Waals surface area contributed by atoms with Crippen LogP contribution in [0.3, 0.4) is 0 Å². The molecule has 0 spiro atoms. The Balaban J connectivity index is 1.57. The molecule has 0 radical (unpaired) electrons. The fourth-order valence-electron chi connectivity index (χ4n) is 1.71. The average molecular weight is 274 g/mol. The highest BCUT2D eigenvalue weighted by atomic mass is 16.5. The predicted octanol–water partition coefficient (Wildman–Crippen LogP) is 1.29. The maximum atomic E-state index is 11.6. The van der Waals surface area contributed by atoms with Crippen LogP contribution < -0.4 is 10.6 Å². The van der Waals surface area contributed by atoms with Crippen LogP contribution in [-0.2, 0) is 6.54 Å². The molecule has 0 unspecified atom stereocenters. The van der Waals surface area contributed by atoms with Gasteiger partial charge >= 0.3 is 0 Å². The molecule has 6 heteroatoms. The summed E-state index contributed by atoms with van der Waals surface area (Å²) in [6.07, 6.45) is 4.44. The third-order valence-corrected chi connectivity index (χ3v) is 2.73. The highest BCUT2D eigenvalue weighted by Gasteiger charge is 2.09. The summed E-state index contributed by atoms with van der Waals surface area (Å²) in [6.45, 7) is 3.97. The van der Waals surface area contributed by atoms with Gasteiger partial charge in [0.2, 0.25) is 0 Å². The fraction of sp³-hybridized carbons (Fsp3) is 0.357. The Bertz CT molecular complexity index is 539. The number of nitrogens with one attached hydrogen (secondary N) is 2. The van der Waals surface area contributed by atoms with Crippen molar-refractivity contribution in [2.24, 2.45) is 0 Å². The number of pyridine rings is 1. The van der Waals surface area contributed by atoms with Crippen molar-refractivity contribution in [3.8, 4) is 0 Å². The average Bonchev–Trinajstić information content (AvgIpc) is 2.90. The molecule has 0 aromatic carbocycles. The SMILES string of the molecule is Cc1cc(C(=O)NCCCNCc2cccnc2)no1. The molecule has 2 aromatic heterocycles. The molecule has 2 aromatic rings. The van der Waals surface area contributed by atoms with Crippen LogP contribution in [0, 0.1) is 6.92 Å². The third kappa shape index (κ3) is 4.47. The Morgan fingerprint density at radius 2 is 2.30 bits per heavy atom. The van der Waals surface area contributed by atoms with E-state index < -0.39 is 0 Å². The lowest BCUT2D eigenvalue weighted by Gasteiger charge is -2.05. The van der Waals surface area contributed by atoms with Crippen LogP contribution in [-0.4, -0.2) is 29.1 Å². The molecule has 6 nitrogen and oxygen atoms in total. The zero-order valence-corrected chi connectivity index (χ0v) is 11.4. The molecule has 0 aliphatic heterocycles. The highest BCUT2D eigenvalue weighted by Crippen LogP contribution is 2.00. The van der Waals surface area contributed by atoms with Crippen LogP contribution in [0.2, 0.25) is 0 Å². The summed E-state index contributed by atoms with van der Waals surface area (Å²) in [5, 5.41) is 9.75. The number of aromatic nitrogens is 2. The number of hydrogen-bond donors (Lipinski definition) is 2. The summed E-state index contributed by atoms with van der Waals surface area (Å²) in [5.74, 6) is 0.433. The minimum absolute atomic E-state index is 0.200. The van der Waals surface area contributed by atoms with E-state index in [0.29, 0.717) is 18.0 Å². The number of carbonyl (C=O) groups is 1. The smallest absolute Gasteiger partial charge is 0.273 e. The number of nitrogens with zero attached hydrogens (tertiary/aromatic N) is 2. The van der Waals surface area contributed by atoms with Gasteiger partial charge in [-0.05, 0) is 31.5 Å². The second kappa shape index (κ2) is 7.40. The normalized spacial score (nSPS) is 10.4. The topological polar surface area (TPSA) is 80.0 Å². The van der Waals surface area contributed by atoms with Crippen LogP contribution in [0.5, 0.6) is 0 Å². The van der Waals surface area contributed by atoms with Crippen molar-refractivity contribution in [3.05, 3.63) is 47.6 Å². The Morgan fingerprint density at radius 3 is 3.00 bits per heavy atom. The summed E-state index contributed by atoms with van der Waals surface area (Å²) >= 11 is 0. The Morgan fingerprint density at radius 1 is 1.40 bits per heavy atom. The van der Waals surface area contributed by atoms with Crippen molar-refractivity contribution < 1.29 is 9.32 Å². The number of amides is 1. The monoisotopic (exact) mass is 274 g/mol. The largest absolute Gasteiger partial charge is 0.361 e. The molecular formula is C14H18N4O2. The number of hydrogen-bond acceptors (Lipinski definition) is 5. The van der Waals surface area contributed by atoms with Crippen molar-refractivity contribution in [1.29, 1.82) is 0 Å². The lowest BCUT2D eigenvalue weighted by atomic mass is 10.3. The first kappa shape index (κ1) is 14.2. The molecule has 0 fully saturated rings. The van der Waals surface area contributed by atoms with E-state index in [1.54, 1.807) is 19.2 Å². The lowest BCUT2D eigenvalue weighted by Crippen LogP contribution is -2.27. The van der Waals surface area contributed by atoms with E-state index in [9.17, 15) is 4.79 Å². The summed E-state index contributed by atoms with van der Waals surface area (Å²) < 4.78 is 4.85. The molecule has 20 heavy (non-hydrogen) atoms. The molecule has 2 heterocycles. The van der Waals surface area contributed by atoms with Crippen LogP contribution in [0.15, 0.2) is 35.1 Å². The van der Waals surface area contributed by atoms with Gasteiger partial charge in [-0.25, -0.2) is 0 Å².